The summed E-state index contributed by atoms with van der Waals surface area (Å²) in [6.07, 6.45) is 6.75. The van der Waals surface area contributed by atoms with Crippen LogP contribution in [0.2, 0.25) is 0 Å². The maximum absolute atomic E-state index is 12.9. The van der Waals surface area contributed by atoms with E-state index in [-0.39, 0.29) is 11.8 Å². The van der Waals surface area contributed by atoms with Gasteiger partial charge in [0, 0.05) is 22.9 Å². The van der Waals surface area contributed by atoms with E-state index in [2.05, 4.69) is 26.9 Å². The molecule has 6 heteroatoms. The summed E-state index contributed by atoms with van der Waals surface area (Å²) >= 11 is 5.12. The molecule has 0 bridgehead atoms. The van der Waals surface area contributed by atoms with Crippen LogP contribution < -0.4 is 0 Å². The van der Waals surface area contributed by atoms with Crippen molar-refractivity contribution in [1.82, 2.24) is 9.80 Å². The lowest BCUT2D eigenvalue weighted by molar-refractivity contribution is -0.132. The number of amides is 1. The molecule has 1 unspecified atom stereocenters. The average Bonchev–Trinajstić information content (AvgIpc) is 2.69. The van der Waals surface area contributed by atoms with Crippen molar-refractivity contribution in [3.63, 3.8) is 0 Å². The minimum atomic E-state index is -0.124. The highest BCUT2D eigenvalue weighted by Gasteiger charge is 2.39. The molecule has 2 fully saturated rings. The van der Waals surface area contributed by atoms with Crippen LogP contribution in [0.5, 0.6) is 0 Å². The molecule has 1 amide bonds. The van der Waals surface area contributed by atoms with Gasteiger partial charge >= 0.3 is 0 Å². The number of nitriles is 1. The zero-order valence-electron chi connectivity index (χ0n) is 14.7. The number of carbonyl (C=O) groups excluding carboxylic acids is 1. The van der Waals surface area contributed by atoms with Crippen LogP contribution in [0.3, 0.4) is 0 Å². The molecule has 0 aromatic heterocycles. The van der Waals surface area contributed by atoms with Gasteiger partial charge in [-0.15, -0.1) is 0 Å². The monoisotopic (exact) mass is 431 g/mol. The molecular formula is C20H22BrN3OS. The van der Waals surface area contributed by atoms with Crippen molar-refractivity contribution in [1.29, 1.82) is 5.26 Å². The van der Waals surface area contributed by atoms with Gasteiger partial charge in [0.1, 0.15) is 0 Å². The Morgan fingerprint density at radius 3 is 2.58 bits per heavy atom. The van der Waals surface area contributed by atoms with Crippen molar-refractivity contribution in [2.75, 3.05) is 12.5 Å². The number of thioether (sulfide) groups is 1. The maximum Gasteiger partial charge on any atom is 0.229 e. The minimum Gasteiger partial charge on any atom is -0.292 e. The molecule has 1 atom stereocenters. The van der Waals surface area contributed by atoms with Crippen LogP contribution in [0.4, 0.5) is 0 Å². The van der Waals surface area contributed by atoms with E-state index in [0.29, 0.717) is 19.1 Å². The summed E-state index contributed by atoms with van der Waals surface area (Å²) in [5.41, 5.74) is 1.79. The van der Waals surface area contributed by atoms with Crippen molar-refractivity contribution in [2.45, 2.75) is 50.5 Å². The molecule has 1 aliphatic carbocycles. The highest BCUT2D eigenvalue weighted by molar-refractivity contribution is 9.10. The molecule has 1 aromatic carbocycles. The van der Waals surface area contributed by atoms with Gasteiger partial charge in [-0.05, 0) is 30.5 Å². The third-order valence-electron chi connectivity index (χ3n) is 5.68. The SMILES string of the molecule is N#CC1=C2SCN(C3CCCCC3)CN2C(=O)CC1c1ccc(Br)cc1. The van der Waals surface area contributed by atoms with Gasteiger partial charge in [-0.3, -0.25) is 14.6 Å². The zero-order chi connectivity index (χ0) is 18.1. The number of allylic oxidation sites excluding steroid dienone is 1. The molecule has 1 saturated carbocycles. The Bertz CT molecular complexity index is 764. The van der Waals surface area contributed by atoms with Gasteiger partial charge in [0.2, 0.25) is 5.91 Å². The molecule has 0 N–H and O–H groups in total. The fraction of sp³-hybridized carbons (Fsp3) is 0.500. The summed E-state index contributed by atoms with van der Waals surface area (Å²) in [4.78, 5) is 17.2. The van der Waals surface area contributed by atoms with E-state index in [1.54, 1.807) is 11.8 Å². The van der Waals surface area contributed by atoms with Gasteiger partial charge in [0.05, 0.1) is 29.2 Å². The first-order chi connectivity index (χ1) is 12.7. The number of hydrogen-bond acceptors (Lipinski definition) is 4. The fourth-order valence-electron chi connectivity index (χ4n) is 4.23. The number of nitrogens with zero attached hydrogens (tertiary/aromatic N) is 3. The first kappa shape index (κ1) is 18.1. The number of fused-ring (bicyclic) bond motifs is 1. The second kappa shape index (κ2) is 7.75. The second-order valence-electron chi connectivity index (χ2n) is 7.26. The molecule has 136 valence electrons. The van der Waals surface area contributed by atoms with E-state index in [1.807, 2.05) is 29.2 Å². The van der Waals surface area contributed by atoms with Crippen molar-refractivity contribution < 1.29 is 4.79 Å². The highest BCUT2D eigenvalue weighted by Crippen LogP contribution is 2.43. The first-order valence-electron chi connectivity index (χ1n) is 9.24. The summed E-state index contributed by atoms with van der Waals surface area (Å²) in [6, 6.07) is 11.0. The van der Waals surface area contributed by atoms with Crippen molar-refractivity contribution in [2.24, 2.45) is 0 Å². The van der Waals surface area contributed by atoms with E-state index in [4.69, 9.17) is 0 Å². The van der Waals surface area contributed by atoms with Gasteiger partial charge < -0.3 is 0 Å². The molecule has 2 aliphatic heterocycles. The molecule has 26 heavy (non-hydrogen) atoms. The summed E-state index contributed by atoms with van der Waals surface area (Å²) in [5.74, 6) is 0.891. The van der Waals surface area contributed by atoms with E-state index in [9.17, 15) is 10.1 Å². The molecular weight excluding hydrogens is 410 g/mol. The van der Waals surface area contributed by atoms with Crippen LogP contribution in [0.15, 0.2) is 39.3 Å². The van der Waals surface area contributed by atoms with Crippen molar-refractivity contribution in [3.8, 4) is 6.07 Å². The number of carbonyl (C=O) groups is 1. The van der Waals surface area contributed by atoms with E-state index in [0.717, 1.165) is 26.5 Å². The average molecular weight is 432 g/mol. The van der Waals surface area contributed by atoms with Gasteiger partial charge in [0.15, 0.2) is 0 Å². The molecule has 4 nitrogen and oxygen atoms in total. The summed E-state index contributed by atoms with van der Waals surface area (Å²) in [7, 11) is 0. The largest absolute Gasteiger partial charge is 0.292 e. The summed E-state index contributed by atoms with van der Waals surface area (Å²) < 4.78 is 1.01. The van der Waals surface area contributed by atoms with Crippen molar-refractivity contribution >= 4 is 33.6 Å². The number of halogens is 1. The third-order valence-corrected chi connectivity index (χ3v) is 7.38. The smallest absolute Gasteiger partial charge is 0.229 e. The summed E-state index contributed by atoms with van der Waals surface area (Å²) in [5, 5.41) is 10.7. The topological polar surface area (TPSA) is 47.3 Å². The molecule has 4 rings (SSSR count). The quantitative estimate of drug-likeness (QED) is 0.674. The van der Waals surface area contributed by atoms with Crippen LogP contribution in [0, 0.1) is 11.3 Å². The van der Waals surface area contributed by atoms with Crippen LogP contribution in [0.25, 0.3) is 0 Å². The Morgan fingerprint density at radius 1 is 1.15 bits per heavy atom. The van der Waals surface area contributed by atoms with E-state index in [1.165, 1.54) is 32.1 Å². The van der Waals surface area contributed by atoms with Crippen LogP contribution in [0.1, 0.15) is 50.0 Å². The minimum absolute atomic E-state index is 0.124. The molecule has 0 radical (unpaired) electrons. The van der Waals surface area contributed by atoms with E-state index < -0.39 is 0 Å². The molecule has 1 aromatic rings. The number of benzene rings is 1. The lowest BCUT2D eigenvalue weighted by atomic mass is 9.86. The molecule has 3 aliphatic rings. The Kier molecular flexibility index (Phi) is 5.40. The predicted octanol–water partition coefficient (Wildman–Crippen LogP) is 4.80. The number of hydrogen-bond donors (Lipinski definition) is 0. The van der Waals surface area contributed by atoms with Gasteiger partial charge in [-0.1, -0.05) is 59.1 Å². The van der Waals surface area contributed by atoms with Gasteiger partial charge in [0.25, 0.3) is 0 Å². The Morgan fingerprint density at radius 2 is 1.88 bits per heavy atom. The number of rotatable bonds is 2. The van der Waals surface area contributed by atoms with Crippen LogP contribution in [-0.4, -0.2) is 34.3 Å². The van der Waals surface area contributed by atoms with Crippen LogP contribution in [-0.2, 0) is 4.79 Å². The van der Waals surface area contributed by atoms with Crippen molar-refractivity contribution in [3.05, 3.63) is 44.9 Å². The standard InChI is InChI=1S/C20H22BrN3OS/c21-15-8-6-14(7-9-15)17-10-19(25)24-12-23(16-4-2-1-3-5-16)13-26-20(24)18(17)11-22/h6-9,16-17H,1-5,10,12-13H2. The van der Waals surface area contributed by atoms with Gasteiger partial charge in [-0.2, -0.15) is 5.26 Å². The maximum atomic E-state index is 12.9. The zero-order valence-corrected chi connectivity index (χ0v) is 17.1. The lowest BCUT2D eigenvalue weighted by Gasteiger charge is -2.44. The molecule has 1 saturated heterocycles. The highest BCUT2D eigenvalue weighted by atomic mass is 79.9. The van der Waals surface area contributed by atoms with Gasteiger partial charge in [-0.25, -0.2) is 0 Å². The predicted molar refractivity (Wildman–Crippen MR) is 107 cm³/mol. The third kappa shape index (κ3) is 3.45. The first-order valence-corrected chi connectivity index (χ1v) is 11.0. The molecule has 0 spiro atoms. The Balaban J connectivity index is 1.60. The second-order valence-corrected chi connectivity index (χ2v) is 9.11. The normalized spacial score (nSPS) is 25.2. The molecule has 2 heterocycles. The Hall–Kier alpha value is -1.29. The van der Waals surface area contributed by atoms with Crippen LogP contribution >= 0.6 is 27.7 Å². The lowest BCUT2D eigenvalue weighted by Crippen LogP contribution is -2.51. The van der Waals surface area contributed by atoms with E-state index >= 15 is 0 Å². The Labute approximate surface area is 167 Å². The summed E-state index contributed by atoms with van der Waals surface area (Å²) in [6.45, 7) is 0.643. The fourth-order valence-corrected chi connectivity index (χ4v) is 5.74.